The summed E-state index contributed by atoms with van der Waals surface area (Å²) in [5.74, 6) is 0.336. The maximum atomic E-state index is 14.0. The second kappa shape index (κ2) is 6.25. The number of rotatable bonds is 4. The molecule has 1 atom stereocenters. The van der Waals surface area contributed by atoms with Gasteiger partial charge in [0.05, 0.1) is 6.04 Å². The van der Waals surface area contributed by atoms with Crippen LogP contribution in [0.25, 0.3) is 0 Å². The van der Waals surface area contributed by atoms with E-state index in [2.05, 4.69) is 0 Å². The van der Waals surface area contributed by atoms with E-state index in [1.54, 1.807) is 24.3 Å². The minimum absolute atomic E-state index is 0.196. The molecular weight excluding hydrogens is 277 g/mol. The molecule has 0 heterocycles. The molecule has 0 bridgehead atoms. The Labute approximate surface area is 123 Å². The van der Waals surface area contributed by atoms with E-state index < -0.39 is 6.04 Å². The van der Waals surface area contributed by atoms with Crippen LogP contribution in [0.1, 0.15) is 22.7 Å². The van der Waals surface area contributed by atoms with Gasteiger partial charge in [-0.05, 0) is 49.2 Å². The number of hydrogen-bond donors (Lipinski definition) is 1. The lowest BCUT2D eigenvalue weighted by atomic mass is 9.99. The number of ether oxygens (including phenoxy) is 1. The zero-order valence-electron chi connectivity index (χ0n) is 11.5. The quantitative estimate of drug-likeness (QED) is 0.918. The van der Waals surface area contributed by atoms with Crippen LogP contribution < -0.4 is 10.5 Å². The first-order valence-corrected chi connectivity index (χ1v) is 6.76. The summed E-state index contributed by atoms with van der Waals surface area (Å²) in [5.41, 5.74) is 8.25. The van der Waals surface area contributed by atoms with Crippen LogP contribution in [0.2, 0.25) is 5.02 Å². The Hall–Kier alpha value is -1.58. The highest BCUT2D eigenvalue weighted by Crippen LogP contribution is 2.23. The van der Waals surface area contributed by atoms with E-state index in [0.29, 0.717) is 16.3 Å². The van der Waals surface area contributed by atoms with E-state index >= 15 is 0 Å². The van der Waals surface area contributed by atoms with Gasteiger partial charge in [-0.15, -0.1) is 0 Å². The zero-order valence-corrected chi connectivity index (χ0v) is 12.2. The van der Waals surface area contributed by atoms with Crippen molar-refractivity contribution in [3.8, 4) is 5.75 Å². The van der Waals surface area contributed by atoms with Crippen molar-refractivity contribution in [1.82, 2.24) is 0 Å². The third kappa shape index (κ3) is 3.50. The molecule has 0 aliphatic heterocycles. The molecule has 2 N–H and O–H groups in total. The molecule has 0 radical (unpaired) electrons. The molecule has 0 fully saturated rings. The largest absolute Gasteiger partial charge is 0.492 e. The summed E-state index contributed by atoms with van der Waals surface area (Å²) in [5, 5.41) is 0.591. The number of nitrogens with two attached hydrogens (primary N) is 1. The summed E-state index contributed by atoms with van der Waals surface area (Å²) in [6, 6.07) is 9.93. The monoisotopic (exact) mass is 293 g/mol. The van der Waals surface area contributed by atoms with Crippen LogP contribution in [0.15, 0.2) is 36.4 Å². The molecule has 1 unspecified atom stereocenters. The SMILES string of the molecule is Cc1cc(C)c(C(N)COc2cccc(Cl)c2)c(F)c1. The van der Waals surface area contributed by atoms with Gasteiger partial charge in [-0.25, -0.2) is 4.39 Å². The van der Waals surface area contributed by atoms with Crippen LogP contribution in [0, 0.1) is 19.7 Å². The minimum Gasteiger partial charge on any atom is -0.492 e. The van der Waals surface area contributed by atoms with E-state index in [1.165, 1.54) is 6.07 Å². The average Bonchev–Trinajstić information content (AvgIpc) is 2.35. The van der Waals surface area contributed by atoms with E-state index in [-0.39, 0.29) is 12.4 Å². The number of halogens is 2. The molecule has 0 saturated heterocycles. The van der Waals surface area contributed by atoms with Crippen LogP contribution in [-0.4, -0.2) is 6.61 Å². The summed E-state index contributed by atoms with van der Waals surface area (Å²) in [6.07, 6.45) is 0. The van der Waals surface area contributed by atoms with Crippen LogP contribution in [0.3, 0.4) is 0 Å². The highest BCUT2D eigenvalue weighted by atomic mass is 35.5. The van der Waals surface area contributed by atoms with Crippen molar-refractivity contribution in [3.63, 3.8) is 0 Å². The fourth-order valence-corrected chi connectivity index (χ4v) is 2.40. The topological polar surface area (TPSA) is 35.2 Å². The van der Waals surface area contributed by atoms with E-state index in [9.17, 15) is 4.39 Å². The Balaban J connectivity index is 2.11. The van der Waals surface area contributed by atoms with Gasteiger partial charge >= 0.3 is 0 Å². The molecule has 0 amide bonds. The first kappa shape index (κ1) is 14.8. The molecule has 0 aliphatic carbocycles. The first-order valence-electron chi connectivity index (χ1n) is 6.38. The Bertz CT molecular complexity index is 592. The maximum Gasteiger partial charge on any atom is 0.128 e. The van der Waals surface area contributed by atoms with Gasteiger partial charge in [-0.1, -0.05) is 23.7 Å². The second-order valence-corrected chi connectivity index (χ2v) is 5.29. The lowest BCUT2D eigenvalue weighted by Gasteiger charge is -2.17. The van der Waals surface area contributed by atoms with E-state index in [1.807, 2.05) is 19.9 Å². The lowest BCUT2D eigenvalue weighted by Crippen LogP contribution is -2.21. The van der Waals surface area contributed by atoms with Gasteiger partial charge in [0, 0.05) is 10.6 Å². The van der Waals surface area contributed by atoms with E-state index in [0.717, 1.165) is 11.1 Å². The molecule has 0 spiro atoms. The van der Waals surface area contributed by atoms with Gasteiger partial charge in [0.15, 0.2) is 0 Å². The Morgan fingerprint density at radius 2 is 2.00 bits per heavy atom. The van der Waals surface area contributed by atoms with Gasteiger partial charge < -0.3 is 10.5 Å². The Morgan fingerprint density at radius 3 is 2.65 bits per heavy atom. The van der Waals surface area contributed by atoms with Gasteiger partial charge in [0.2, 0.25) is 0 Å². The molecule has 2 nitrogen and oxygen atoms in total. The van der Waals surface area contributed by atoms with Crippen molar-refractivity contribution < 1.29 is 9.13 Å². The molecule has 2 aromatic carbocycles. The highest BCUT2D eigenvalue weighted by molar-refractivity contribution is 6.30. The van der Waals surface area contributed by atoms with Crippen molar-refractivity contribution in [1.29, 1.82) is 0 Å². The third-order valence-corrected chi connectivity index (χ3v) is 3.31. The van der Waals surface area contributed by atoms with Gasteiger partial charge in [-0.3, -0.25) is 0 Å². The van der Waals surface area contributed by atoms with Crippen molar-refractivity contribution in [2.24, 2.45) is 5.73 Å². The van der Waals surface area contributed by atoms with Crippen molar-refractivity contribution in [2.75, 3.05) is 6.61 Å². The summed E-state index contributed by atoms with van der Waals surface area (Å²) >= 11 is 5.87. The molecule has 0 aliphatic rings. The van der Waals surface area contributed by atoms with Crippen LogP contribution >= 0.6 is 11.6 Å². The highest BCUT2D eigenvalue weighted by Gasteiger charge is 2.15. The Kier molecular flexibility index (Phi) is 4.63. The smallest absolute Gasteiger partial charge is 0.128 e. The number of aryl methyl sites for hydroxylation is 2. The summed E-state index contributed by atoms with van der Waals surface area (Å²) in [6.45, 7) is 3.90. The molecule has 106 valence electrons. The standard InChI is InChI=1S/C16H17ClFNO/c1-10-6-11(2)16(14(18)7-10)15(19)9-20-13-5-3-4-12(17)8-13/h3-8,15H,9,19H2,1-2H3. The molecule has 4 heteroatoms. The fraction of sp³-hybridized carbons (Fsp3) is 0.250. The van der Waals surface area contributed by atoms with Gasteiger partial charge in [0.1, 0.15) is 18.2 Å². The molecule has 0 saturated carbocycles. The van der Waals surface area contributed by atoms with E-state index in [4.69, 9.17) is 22.1 Å². The predicted molar refractivity (Wildman–Crippen MR) is 79.7 cm³/mol. The van der Waals surface area contributed by atoms with Crippen molar-refractivity contribution in [3.05, 3.63) is 63.9 Å². The molecular formula is C16H17ClFNO. The molecule has 2 rings (SSSR count). The normalized spacial score (nSPS) is 12.2. The first-order chi connectivity index (χ1) is 9.47. The Morgan fingerprint density at radius 1 is 1.25 bits per heavy atom. The number of hydrogen-bond acceptors (Lipinski definition) is 2. The average molecular weight is 294 g/mol. The third-order valence-electron chi connectivity index (χ3n) is 3.08. The zero-order chi connectivity index (χ0) is 14.7. The van der Waals surface area contributed by atoms with Crippen LogP contribution in [-0.2, 0) is 0 Å². The molecule has 0 aromatic heterocycles. The van der Waals surface area contributed by atoms with Gasteiger partial charge in [-0.2, -0.15) is 0 Å². The second-order valence-electron chi connectivity index (χ2n) is 4.85. The summed E-state index contributed by atoms with van der Waals surface area (Å²) < 4.78 is 19.6. The van der Waals surface area contributed by atoms with Gasteiger partial charge in [0.25, 0.3) is 0 Å². The molecule has 2 aromatic rings. The van der Waals surface area contributed by atoms with Crippen LogP contribution in [0.5, 0.6) is 5.75 Å². The number of benzene rings is 2. The van der Waals surface area contributed by atoms with Crippen molar-refractivity contribution in [2.45, 2.75) is 19.9 Å². The molecule has 20 heavy (non-hydrogen) atoms. The predicted octanol–water partition coefficient (Wildman–Crippen LogP) is 4.17. The summed E-state index contributed by atoms with van der Waals surface area (Å²) in [4.78, 5) is 0. The van der Waals surface area contributed by atoms with Crippen LogP contribution in [0.4, 0.5) is 4.39 Å². The fourth-order valence-electron chi connectivity index (χ4n) is 2.22. The minimum atomic E-state index is -0.519. The maximum absolute atomic E-state index is 14.0. The lowest BCUT2D eigenvalue weighted by molar-refractivity contribution is 0.287. The summed E-state index contributed by atoms with van der Waals surface area (Å²) in [7, 11) is 0. The van der Waals surface area contributed by atoms with Crippen molar-refractivity contribution >= 4 is 11.6 Å².